The summed E-state index contributed by atoms with van der Waals surface area (Å²) in [6.45, 7) is 3.33. The molecular weight excluding hydrogens is 507 g/mol. The number of anilines is 1. The molecule has 39 heavy (non-hydrogen) atoms. The van der Waals surface area contributed by atoms with Crippen molar-refractivity contribution in [3.8, 4) is 11.1 Å². The van der Waals surface area contributed by atoms with Crippen LogP contribution in [-0.2, 0) is 9.47 Å². The zero-order valence-electron chi connectivity index (χ0n) is 21.8. The molecule has 0 aliphatic carbocycles. The molecule has 3 aromatic rings. The molecule has 1 aromatic heterocycles. The second kappa shape index (κ2) is 16.2. The van der Waals surface area contributed by atoms with Gasteiger partial charge in [-0.3, -0.25) is 20.6 Å². The number of aliphatic imine (C=N–C) groups is 2. The van der Waals surface area contributed by atoms with Gasteiger partial charge in [0.1, 0.15) is 5.82 Å². The summed E-state index contributed by atoms with van der Waals surface area (Å²) in [5.74, 6) is 0.0705. The maximum Gasteiger partial charge on any atom is 0.231 e. The predicted octanol–water partition coefficient (Wildman–Crippen LogP) is 2.32. The molecule has 0 saturated carbocycles. The fourth-order valence-electron chi connectivity index (χ4n) is 3.55. The van der Waals surface area contributed by atoms with Crippen LogP contribution < -0.4 is 16.4 Å². The first-order chi connectivity index (χ1) is 19.0. The number of halogens is 1. The summed E-state index contributed by atoms with van der Waals surface area (Å²) >= 11 is 0. The fraction of sp³-hybridized carbons (Fsp3) is 0.370. The number of benzene rings is 2. The number of hydrogen-bond donors (Lipinski definition) is 5. The molecule has 2 aromatic carbocycles. The van der Waals surface area contributed by atoms with E-state index < -0.39 is 0 Å². The van der Waals surface area contributed by atoms with Crippen molar-refractivity contribution in [3.63, 3.8) is 0 Å². The monoisotopic (exact) mass is 542 g/mol. The van der Waals surface area contributed by atoms with E-state index in [1.165, 1.54) is 6.07 Å². The number of nitrogens with one attached hydrogen (secondary N) is 2. The van der Waals surface area contributed by atoms with Crippen LogP contribution in [0.1, 0.15) is 24.1 Å². The molecule has 3 rings (SSSR count). The molecule has 0 aliphatic rings. The summed E-state index contributed by atoms with van der Waals surface area (Å²) < 4.78 is 30.8. The Labute approximate surface area is 226 Å². The molecule has 210 valence electrons. The Morgan fingerprint density at radius 2 is 1.69 bits per heavy atom. The molecule has 0 fully saturated rings. The Hall–Kier alpha value is -3.84. The van der Waals surface area contributed by atoms with Crippen molar-refractivity contribution in [3.05, 3.63) is 71.7 Å². The van der Waals surface area contributed by atoms with Crippen LogP contribution in [0.15, 0.2) is 69.1 Å². The first kappa shape index (κ1) is 29.7. The molecule has 0 amide bonds. The number of hydrogen-bond acceptors (Lipinski definition) is 8. The van der Waals surface area contributed by atoms with Gasteiger partial charge in [0.05, 0.1) is 58.4 Å². The van der Waals surface area contributed by atoms with E-state index in [9.17, 15) is 4.39 Å². The highest BCUT2D eigenvalue weighted by Crippen LogP contribution is 2.30. The SMILES string of the molecule is CC(c1ccc(-c2ccccc2)c(F)c1)c1cc(NC(=NCCOCCO)NC(N)=NCCOCCO)on1. The molecular formula is C27H35FN6O5. The number of guanidine groups is 2. The second-order valence-electron chi connectivity index (χ2n) is 8.36. The lowest BCUT2D eigenvalue weighted by molar-refractivity contribution is 0.0977. The average molecular weight is 543 g/mol. The Morgan fingerprint density at radius 3 is 2.36 bits per heavy atom. The average Bonchev–Trinajstić information content (AvgIpc) is 3.41. The zero-order valence-corrected chi connectivity index (χ0v) is 21.8. The van der Waals surface area contributed by atoms with Crippen molar-refractivity contribution < 1.29 is 28.6 Å². The topological polar surface area (TPSA) is 160 Å². The van der Waals surface area contributed by atoms with Crippen LogP contribution in [0.2, 0.25) is 0 Å². The van der Waals surface area contributed by atoms with E-state index in [4.69, 9.17) is 29.9 Å². The third kappa shape index (κ3) is 9.76. The van der Waals surface area contributed by atoms with Gasteiger partial charge in [0.2, 0.25) is 11.8 Å². The van der Waals surface area contributed by atoms with E-state index >= 15 is 0 Å². The first-order valence-electron chi connectivity index (χ1n) is 12.6. The van der Waals surface area contributed by atoms with Gasteiger partial charge >= 0.3 is 0 Å². The molecule has 1 heterocycles. The number of rotatable bonds is 14. The molecule has 0 saturated heterocycles. The van der Waals surface area contributed by atoms with Gasteiger partial charge in [-0.15, -0.1) is 0 Å². The van der Waals surface area contributed by atoms with Crippen LogP contribution in [0.4, 0.5) is 10.3 Å². The van der Waals surface area contributed by atoms with Crippen molar-refractivity contribution >= 4 is 17.8 Å². The molecule has 11 nitrogen and oxygen atoms in total. The van der Waals surface area contributed by atoms with Crippen LogP contribution in [0.25, 0.3) is 11.1 Å². The van der Waals surface area contributed by atoms with E-state index in [1.54, 1.807) is 12.1 Å². The van der Waals surface area contributed by atoms with Crippen LogP contribution in [0.3, 0.4) is 0 Å². The van der Waals surface area contributed by atoms with E-state index in [2.05, 4.69) is 25.8 Å². The zero-order chi connectivity index (χ0) is 27.9. The Kier molecular flexibility index (Phi) is 12.3. The molecule has 0 spiro atoms. The van der Waals surface area contributed by atoms with Crippen molar-refractivity contribution in [1.29, 1.82) is 0 Å². The third-order valence-corrected chi connectivity index (χ3v) is 5.53. The van der Waals surface area contributed by atoms with E-state index in [1.807, 2.05) is 43.3 Å². The molecule has 0 radical (unpaired) electrons. The van der Waals surface area contributed by atoms with E-state index in [-0.39, 0.29) is 69.8 Å². The number of aliphatic hydroxyl groups excluding tert-OH is 2. The highest BCUT2D eigenvalue weighted by molar-refractivity contribution is 6.04. The number of aliphatic hydroxyl groups is 2. The summed E-state index contributed by atoms with van der Waals surface area (Å²) in [5, 5.41) is 27.6. The van der Waals surface area contributed by atoms with Crippen LogP contribution in [0, 0.1) is 5.82 Å². The number of ether oxygens (including phenoxy) is 2. The van der Waals surface area contributed by atoms with E-state index in [0.717, 1.165) is 11.1 Å². The van der Waals surface area contributed by atoms with Gasteiger partial charge in [0, 0.05) is 17.5 Å². The van der Waals surface area contributed by atoms with Crippen molar-refractivity contribution in [2.75, 3.05) is 58.0 Å². The number of nitrogens with two attached hydrogens (primary N) is 1. The van der Waals surface area contributed by atoms with Gasteiger partial charge in [-0.05, 0) is 17.2 Å². The minimum Gasteiger partial charge on any atom is -0.394 e. The standard InChI is InChI=1S/C27H35FN6O5/c1-19(21-7-8-22(23(28)17-21)20-5-3-2-4-6-20)24-18-25(39-34-24)32-27(31-10-14-38-16-12-36)33-26(29)30-9-13-37-15-11-35/h2-8,17-19,35-36H,9-16H2,1H3,(H4,29,30,31,32,33). The second-order valence-corrected chi connectivity index (χ2v) is 8.36. The summed E-state index contributed by atoms with van der Waals surface area (Å²) in [6.07, 6.45) is 0. The molecule has 0 bridgehead atoms. The molecule has 1 unspecified atom stereocenters. The Morgan fingerprint density at radius 1 is 1.00 bits per heavy atom. The summed E-state index contributed by atoms with van der Waals surface area (Å²) in [4.78, 5) is 8.53. The highest BCUT2D eigenvalue weighted by Gasteiger charge is 2.17. The smallest absolute Gasteiger partial charge is 0.231 e. The van der Waals surface area contributed by atoms with Gasteiger partial charge in [0.25, 0.3) is 0 Å². The van der Waals surface area contributed by atoms with Crippen molar-refractivity contribution in [1.82, 2.24) is 10.5 Å². The van der Waals surface area contributed by atoms with Crippen molar-refractivity contribution in [2.45, 2.75) is 12.8 Å². The largest absolute Gasteiger partial charge is 0.394 e. The van der Waals surface area contributed by atoms with Gasteiger partial charge in [-0.25, -0.2) is 4.39 Å². The highest BCUT2D eigenvalue weighted by atomic mass is 19.1. The molecule has 6 N–H and O–H groups in total. The lowest BCUT2D eigenvalue weighted by Crippen LogP contribution is -2.41. The van der Waals surface area contributed by atoms with Crippen LogP contribution >= 0.6 is 0 Å². The lowest BCUT2D eigenvalue weighted by atomic mass is 9.95. The molecule has 12 heteroatoms. The number of aromatic nitrogens is 1. The predicted molar refractivity (Wildman–Crippen MR) is 147 cm³/mol. The minimum absolute atomic E-state index is 0.0672. The molecule has 0 aliphatic heterocycles. The fourth-order valence-corrected chi connectivity index (χ4v) is 3.55. The maximum atomic E-state index is 14.9. The lowest BCUT2D eigenvalue weighted by Gasteiger charge is -2.11. The summed E-state index contributed by atoms with van der Waals surface area (Å²) in [6, 6.07) is 16.2. The van der Waals surface area contributed by atoms with Crippen LogP contribution in [0.5, 0.6) is 0 Å². The third-order valence-electron chi connectivity index (χ3n) is 5.53. The van der Waals surface area contributed by atoms with Gasteiger partial charge in [-0.2, -0.15) is 0 Å². The summed E-state index contributed by atoms with van der Waals surface area (Å²) in [7, 11) is 0. The minimum atomic E-state index is -0.314. The van der Waals surface area contributed by atoms with Crippen molar-refractivity contribution in [2.24, 2.45) is 15.7 Å². The first-order valence-corrected chi connectivity index (χ1v) is 12.6. The van der Waals surface area contributed by atoms with Gasteiger partial charge in [0.15, 0.2) is 5.96 Å². The molecule has 1 atom stereocenters. The van der Waals surface area contributed by atoms with Crippen LogP contribution in [-0.4, -0.2) is 80.0 Å². The summed E-state index contributed by atoms with van der Waals surface area (Å²) in [5.41, 5.74) is 8.64. The number of nitrogens with zero attached hydrogens (tertiary/aromatic N) is 3. The van der Waals surface area contributed by atoms with Gasteiger partial charge in [-0.1, -0.05) is 54.5 Å². The Balaban J connectivity index is 1.67. The van der Waals surface area contributed by atoms with E-state index in [0.29, 0.717) is 23.7 Å². The normalized spacial score (nSPS) is 12.9. The van der Waals surface area contributed by atoms with Gasteiger partial charge < -0.3 is 29.9 Å². The quantitative estimate of drug-likeness (QED) is 0.117. The maximum absolute atomic E-state index is 14.9. The Bertz CT molecular complexity index is 1200.